The largest absolute Gasteiger partial charge is 0.495 e. The number of aromatic nitrogens is 1. The Morgan fingerprint density at radius 3 is 2.58 bits per heavy atom. The lowest BCUT2D eigenvalue weighted by molar-refractivity contribution is -0.162. The zero-order valence-corrected chi connectivity index (χ0v) is 49.0. The van der Waals surface area contributed by atoms with Gasteiger partial charge in [0.15, 0.2) is 5.72 Å². The Morgan fingerprint density at radius 1 is 1.12 bits per heavy atom. The van der Waals surface area contributed by atoms with Crippen LogP contribution in [0.2, 0.25) is 5.02 Å². The second-order valence-electron chi connectivity index (χ2n) is 21.1. The molecule has 0 spiro atoms. The Kier molecular flexibility index (Phi) is 22.1. The van der Waals surface area contributed by atoms with Crippen LogP contribution in [0.5, 0.6) is 5.75 Å². The van der Waals surface area contributed by atoms with Gasteiger partial charge in [-0.15, -0.1) is 11.8 Å². The summed E-state index contributed by atoms with van der Waals surface area (Å²) in [6.45, 7) is 11.2. The van der Waals surface area contributed by atoms with Gasteiger partial charge in [0.25, 0.3) is 0 Å². The number of thioether (sulfide) groups is 1. The number of rotatable bonds is 19. The number of anilines is 1. The zero-order valence-electron chi connectivity index (χ0n) is 45.8. The van der Waals surface area contributed by atoms with Crippen LogP contribution < -0.4 is 20.3 Å². The maximum atomic E-state index is 14.4. The van der Waals surface area contributed by atoms with Crippen LogP contribution in [0.15, 0.2) is 65.4 Å². The molecule has 2 aromatic rings. The summed E-state index contributed by atoms with van der Waals surface area (Å²) in [5.74, 6) is -1.55. The second-order valence-corrected chi connectivity index (χ2v) is 25.7. The number of Topliss-reactive ketones (excluding diaryl/α,β-unsaturated/α-hetero) is 1. The number of aliphatic hydroxyl groups is 1. The summed E-state index contributed by atoms with van der Waals surface area (Å²) in [4.78, 5) is 88.1. The number of allylic oxidation sites excluding steroid dienone is 3. The first-order valence-electron chi connectivity index (χ1n) is 26.2. The maximum Gasteiger partial charge on any atom is 0.409 e. The molecule has 18 nitrogen and oxygen atoms in total. The number of alkyl carbamates (subject to hydrolysis) is 2. The van der Waals surface area contributed by atoms with Crippen molar-refractivity contribution in [2.24, 2.45) is 5.92 Å². The van der Waals surface area contributed by atoms with E-state index in [1.54, 1.807) is 79.9 Å². The van der Waals surface area contributed by atoms with Gasteiger partial charge in [-0.1, -0.05) is 79.5 Å². The zero-order chi connectivity index (χ0) is 56.2. The number of pyridine rings is 1. The topological polar surface area (TPSA) is 225 Å². The van der Waals surface area contributed by atoms with Crippen molar-refractivity contribution in [2.75, 3.05) is 45.5 Å². The van der Waals surface area contributed by atoms with Crippen molar-refractivity contribution in [3.63, 3.8) is 0 Å². The highest BCUT2D eigenvalue weighted by atomic mass is 35.5. The lowest BCUT2D eigenvalue weighted by Crippen LogP contribution is -2.63. The van der Waals surface area contributed by atoms with Gasteiger partial charge in [0.05, 0.1) is 36.3 Å². The van der Waals surface area contributed by atoms with Gasteiger partial charge in [0.2, 0.25) is 11.8 Å². The third-order valence-electron chi connectivity index (χ3n) is 14.8. The van der Waals surface area contributed by atoms with Gasteiger partial charge in [0.1, 0.15) is 57.6 Å². The predicted octanol–water partition coefficient (Wildman–Crippen LogP) is 9.03. The van der Waals surface area contributed by atoms with E-state index in [4.69, 9.17) is 40.0 Å². The molecule has 4 heterocycles. The normalized spacial score (nSPS) is 28.3. The van der Waals surface area contributed by atoms with Crippen molar-refractivity contribution in [2.45, 2.75) is 175 Å². The lowest BCUT2D eigenvalue weighted by atomic mass is 9.83. The molecular formula is C55H76ClN5O13S3. The van der Waals surface area contributed by atoms with Crippen molar-refractivity contribution in [3.8, 4) is 5.75 Å². The average Bonchev–Trinajstić information content (AvgIpc) is 4.20. The molecule has 22 heteroatoms. The van der Waals surface area contributed by atoms with E-state index in [-0.39, 0.29) is 59.5 Å². The molecule has 6 rings (SSSR count). The molecule has 3 aliphatic heterocycles. The molecule has 1 aromatic heterocycles. The Morgan fingerprint density at radius 2 is 1.87 bits per heavy atom. The second kappa shape index (κ2) is 27.6. The van der Waals surface area contributed by atoms with Crippen LogP contribution in [0.4, 0.5) is 15.3 Å². The third kappa shape index (κ3) is 16.8. The molecule has 10 atom stereocenters. The van der Waals surface area contributed by atoms with Crippen LogP contribution in [0.3, 0.4) is 0 Å². The van der Waals surface area contributed by atoms with Crippen LogP contribution >= 0.6 is 45.0 Å². The molecule has 3 fully saturated rings. The van der Waals surface area contributed by atoms with Crippen molar-refractivity contribution in [3.05, 3.63) is 70.9 Å². The number of amides is 4. The van der Waals surface area contributed by atoms with Crippen molar-refractivity contribution in [1.82, 2.24) is 20.5 Å². The number of methoxy groups -OCH3 is 2. The summed E-state index contributed by atoms with van der Waals surface area (Å²) in [5.41, 5.74) is -1.09. The molecule has 0 unspecified atom stereocenters. The number of esters is 1. The molecule has 424 valence electrons. The van der Waals surface area contributed by atoms with Gasteiger partial charge in [-0.3, -0.25) is 19.7 Å². The minimum atomic E-state index is -1.87. The number of hydrogen-bond donors (Lipinski definition) is 3. The number of ketones is 1. The average molecular weight is 1150 g/mol. The summed E-state index contributed by atoms with van der Waals surface area (Å²) >= 11 is 8.28. The fourth-order valence-electron chi connectivity index (χ4n) is 9.69. The minimum Gasteiger partial charge on any atom is -0.495 e. The van der Waals surface area contributed by atoms with Crippen molar-refractivity contribution < 1.29 is 62.3 Å². The Bertz CT molecular complexity index is 2490. The summed E-state index contributed by atoms with van der Waals surface area (Å²) in [5, 5.41) is 18.5. The van der Waals surface area contributed by atoms with E-state index in [2.05, 4.69) is 15.6 Å². The van der Waals surface area contributed by atoms with Crippen LogP contribution in [0.25, 0.3) is 0 Å². The molecule has 3 N–H and O–H groups in total. The first-order chi connectivity index (χ1) is 36.5. The van der Waals surface area contributed by atoms with E-state index < -0.39 is 76.5 Å². The highest BCUT2D eigenvalue weighted by Crippen LogP contribution is 2.49. The molecule has 0 radical (unpaired) electrons. The predicted molar refractivity (Wildman–Crippen MR) is 299 cm³/mol. The maximum absolute atomic E-state index is 14.4. The van der Waals surface area contributed by atoms with E-state index in [1.807, 2.05) is 45.0 Å². The number of benzene rings is 1. The molecular weight excluding hydrogens is 1070 g/mol. The highest BCUT2D eigenvalue weighted by Gasteiger charge is 2.64. The fourth-order valence-corrected chi connectivity index (χ4v) is 13.6. The molecule has 77 heavy (non-hydrogen) atoms. The number of ether oxygens (including phenoxy) is 6. The number of carbonyl (C=O) groups is 6. The molecule has 4 aliphatic rings. The molecule has 1 aliphatic carbocycles. The number of nitrogens with zero attached hydrogens (tertiary/aromatic N) is 3. The Hall–Kier alpha value is -4.51. The third-order valence-corrected chi connectivity index (χ3v) is 19.5. The minimum absolute atomic E-state index is 0.0206. The van der Waals surface area contributed by atoms with Gasteiger partial charge >= 0.3 is 18.2 Å². The summed E-state index contributed by atoms with van der Waals surface area (Å²) in [7, 11) is 9.26. The summed E-state index contributed by atoms with van der Waals surface area (Å²) in [6.07, 6.45) is 6.71. The molecule has 1 saturated carbocycles. The Balaban J connectivity index is 1.04. The standard InChI is InChI=1S/C55H76ClN5O13S3/c1-33-17-15-21-43(70-10)55(68)31-41(72-52(67)59-55)34(2)49-54(6,74-49)44(30-47(64)61(8)38-28-36(27-33)29-40(69-9)48(38)56)73-50(65)35(3)60(7)46(63)23-24-53(4,5)75-32-37(62)18-16-26-58-51(66)71-39-19-11-12-20-42(39)76-77-45-22-13-14-25-57-45/h13-15,17,21-22,25,28-29,34-35,39,41-44,49,68H,11-12,16,18-20,23-24,26-27,30-32H2,1-10H3,(H,58,66)(H,59,67)/b21-15+,33-17+/t34-,35+,39+,41+,42+,43-,44+,49+,54-,55+/m1/s1. The molecule has 1 aromatic carbocycles. The van der Waals surface area contributed by atoms with E-state index in [0.717, 1.165) is 41.8 Å². The Labute approximate surface area is 469 Å². The summed E-state index contributed by atoms with van der Waals surface area (Å²) in [6, 6.07) is 8.26. The smallest absolute Gasteiger partial charge is 0.409 e. The van der Waals surface area contributed by atoms with Gasteiger partial charge < -0.3 is 48.6 Å². The number of halogens is 1. The van der Waals surface area contributed by atoms with E-state index in [9.17, 15) is 33.9 Å². The van der Waals surface area contributed by atoms with Crippen LogP contribution in [-0.2, 0) is 49.3 Å². The van der Waals surface area contributed by atoms with E-state index in [0.29, 0.717) is 37.2 Å². The van der Waals surface area contributed by atoms with Crippen LogP contribution in [-0.4, -0.2) is 149 Å². The van der Waals surface area contributed by atoms with Gasteiger partial charge in [0, 0.05) is 63.9 Å². The van der Waals surface area contributed by atoms with E-state index >= 15 is 0 Å². The van der Waals surface area contributed by atoms with Crippen molar-refractivity contribution in [1.29, 1.82) is 0 Å². The quantitative estimate of drug-likeness (QED) is 0.0392. The monoisotopic (exact) mass is 1150 g/mol. The van der Waals surface area contributed by atoms with E-state index in [1.165, 1.54) is 42.8 Å². The SMILES string of the molecule is COc1cc2cc(c1Cl)N(C)C(=O)C[C@H](OC(=O)[C@H](C)N(C)C(=O)CCC(C)(C)SCC(=O)CCCNC(=O)O[C@H]1CCCC[C@@H]1SSc1ccccn1)[C@@]1(C)O[C@H]1[C@H](C)[C@@H]1C[C@@](O)(NC(=O)O1)[C@H](OC)/C=C/C=C(\C)C2. The van der Waals surface area contributed by atoms with Crippen LogP contribution in [0, 0.1) is 5.92 Å². The van der Waals surface area contributed by atoms with Gasteiger partial charge in [-0.25, -0.2) is 19.4 Å². The number of likely N-dealkylation sites (N-methyl/N-ethyl adjacent to an activating group) is 1. The van der Waals surface area contributed by atoms with Crippen molar-refractivity contribution >= 4 is 86.4 Å². The fraction of sp³-hybridized carbons (Fsp3) is 0.618. The molecule has 4 amide bonds. The first-order valence-corrected chi connectivity index (χ1v) is 29.7. The molecule has 4 bridgehead atoms. The first kappa shape index (κ1) is 61.7. The number of hydrogen-bond acceptors (Lipinski definition) is 17. The number of carbonyl (C=O) groups excluding carboxylic acids is 6. The molecule has 2 saturated heterocycles. The van der Waals surface area contributed by atoms with Gasteiger partial charge in [-0.2, -0.15) is 0 Å². The summed E-state index contributed by atoms with van der Waals surface area (Å²) < 4.78 is 34.9. The number of fused-ring (bicyclic) bond motifs is 5. The highest BCUT2D eigenvalue weighted by molar-refractivity contribution is 8.76. The number of epoxide rings is 1. The van der Waals surface area contributed by atoms with Gasteiger partial charge in [-0.05, 0) is 99.9 Å². The number of nitrogens with one attached hydrogen (secondary N) is 2. The van der Waals surface area contributed by atoms with Crippen LogP contribution in [0.1, 0.15) is 111 Å². The lowest BCUT2D eigenvalue weighted by Gasteiger charge is -2.42.